The third-order valence-electron chi connectivity index (χ3n) is 4.58. The summed E-state index contributed by atoms with van der Waals surface area (Å²) in [7, 11) is 0. The maximum Gasteiger partial charge on any atom is 0.397 e. The van der Waals surface area contributed by atoms with E-state index in [9.17, 15) is 17.6 Å². The highest BCUT2D eigenvalue weighted by Gasteiger charge is 2.40. The van der Waals surface area contributed by atoms with Gasteiger partial charge < -0.3 is 9.47 Å². The van der Waals surface area contributed by atoms with Crippen molar-refractivity contribution < 1.29 is 27.0 Å². The Morgan fingerprint density at radius 1 is 0.969 bits per heavy atom. The molecule has 2 nitrogen and oxygen atoms in total. The van der Waals surface area contributed by atoms with E-state index in [0.29, 0.717) is 22.8 Å². The summed E-state index contributed by atoms with van der Waals surface area (Å²) in [6.07, 6.45) is -4.46. The van der Waals surface area contributed by atoms with Crippen molar-refractivity contribution in [3.63, 3.8) is 0 Å². The molecule has 32 heavy (non-hydrogen) atoms. The third kappa shape index (κ3) is 6.98. The number of halogens is 5. The molecular weight excluding hydrogens is 508 g/mol. The minimum absolute atomic E-state index is 0.0578. The Balaban J connectivity index is 1.66. The van der Waals surface area contributed by atoms with Crippen LogP contribution in [0.4, 0.5) is 17.6 Å². The van der Waals surface area contributed by atoms with Gasteiger partial charge in [-0.3, -0.25) is 0 Å². The molecule has 8 heteroatoms. The van der Waals surface area contributed by atoms with Gasteiger partial charge in [-0.15, -0.1) is 0 Å². The summed E-state index contributed by atoms with van der Waals surface area (Å²) in [6.45, 7) is 1.64. The van der Waals surface area contributed by atoms with Crippen LogP contribution in [-0.4, -0.2) is 19.4 Å². The summed E-state index contributed by atoms with van der Waals surface area (Å²) in [5.74, 6) is -1.65. The molecule has 0 heterocycles. The molecule has 0 aromatic heterocycles. The fraction of sp³-hybridized carbons (Fsp3) is 0.250. The zero-order valence-corrected chi connectivity index (χ0v) is 19.6. The van der Waals surface area contributed by atoms with E-state index in [1.54, 1.807) is 13.0 Å². The lowest BCUT2D eigenvalue weighted by Crippen LogP contribution is -2.25. The Labute approximate surface area is 197 Å². The lowest BCUT2D eigenvalue weighted by molar-refractivity contribution is -0.163. The van der Waals surface area contributed by atoms with Gasteiger partial charge in [0.25, 0.3) is 0 Å². The van der Waals surface area contributed by atoms with Crippen LogP contribution in [0.3, 0.4) is 0 Å². The first-order valence-corrected chi connectivity index (χ1v) is 11.5. The van der Waals surface area contributed by atoms with Crippen LogP contribution in [0.1, 0.15) is 24.0 Å². The van der Waals surface area contributed by atoms with Crippen LogP contribution in [0.25, 0.3) is 0 Å². The first kappa shape index (κ1) is 24.6. The topological polar surface area (TPSA) is 18.5 Å². The minimum Gasteiger partial charge on any atom is -0.494 e. The van der Waals surface area contributed by atoms with E-state index in [2.05, 4.69) is 15.9 Å². The number of benzene rings is 3. The third-order valence-corrected chi connectivity index (χ3v) is 6.15. The molecule has 3 aromatic carbocycles. The Hall–Kier alpha value is -2.03. The van der Waals surface area contributed by atoms with Gasteiger partial charge in [0.05, 0.1) is 19.8 Å². The van der Waals surface area contributed by atoms with Gasteiger partial charge in [0, 0.05) is 14.3 Å². The average Bonchev–Trinajstić information content (AvgIpc) is 2.75. The quantitative estimate of drug-likeness (QED) is 0.262. The molecule has 0 amide bonds. The molecule has 170 valence electrons. The number of rotatable bonds is 9. The van der Waals surface area contributed by atoms with Gasteiger partial charge in [-0.1, -0.05) is 45.9 Å². The van der Waals surface area contributed by atoms with Gasteiger partial charge in [-0.05, 0) is 66.6 Å². The lowest BCUT2D eigenvalue weighted by Gasteiger charge is -2.21. The molecule has 1 unspecified atom stereocenters. The Bertz CT molecular complexity index is 1010. The fourth-order valence-electron chi connectivity index (χ4n) is 2.98. The monoisotopic (exact) mass is 528 g/mol. The normalized spacial score (nSPS) is 12.6. The molecule has 1 atom stereocenters. The average molecular weight is 529 g/mol. The molecule has 0 N–H and O–H groups in total. The van der Waals surface area contributed by atoms with Crippen molar-refractivity contribution in [2.45, 2.75) is 35.4 Å². The second kappa shape index (κ2) is 11.2. The summed E-state index contributed by atoms with van der Waals surface area (Å²) in [4.78, 5) is 1.23. The molecule has 0 saturated carbocycles. The van der Waals surface area contributed by atoms with Crippen LogP contribution in [-0.2, 0) is 11.3 Å². The van der Waals surface area contributed by atoms with Gasteiger partial charge in [0.1, 0.15) is 17.5 Å². The van der Waals surface area contributed by atoms with Crippen molar-refractivity contribution >= 4 is 27.7 Å². The van der Waals surface area contributed by atoms with Gasteiger partial charge in [-0.2, -0.15) is 13.2 Å². The molecule has 0 spiro atoms. The Kier molecular flexibility index (Phi) is 8.62. The highest BCUT2D eigenvalue weighted by atomic mass is 79.9. The zero-order chi connectivity index (χ0) is 23.1. The summed E-state index contributed by atoms with van der Waals surface area (Å²) in [5, 5.41) is 0. The maximum absolute atomic E-state index is 14.2. The molecule has 0 bridgehead atoms. The first-order valence-electron chi connectivity index (χ1n) is 9.85. The maximum atomic E-state index is 14.2. The van der Waals surface area contributed by atoms with Crippen molar-refractivity contribution in [2.75, 3.05) is 13.2 Å². The second-order valence-electron chi connectivity index (χ2n) is 6.93. The summed E-state index contributed by atoms with van der Waals surface area (Å²) in [6, 6.07) is 17.7. The van der Waals surface area contributed by atoms with Crippen molar-refractivity contribution in [1.82, 2.24) is 0 Å². The molecule has 0 fully saturated rings. The number of hydrogen-bond acceptors (Lipinski definition) is 3. The van der Waals surface area contributed by atoms with E-state index >= 15 is 0 Å². The molecule has 3 aromatic rings. The van der Waals surface area contributed by atoms with E-state index in [1.807, 2.05) is 24.3 Å². The van der Waals surface area contributed by atoms with Crippen LogP contribution >= 0.6 is 27.7 Å². The van der Waals surface area contributed by atoms with Crippen molar-refractivity contribution in [2.24, 2.45) is 0 Å². The highest BCUT2D eigenvalue weighted by Crippen LogP contribution is 2.36. The summed E-state index contributed by atoms with van der Waals surface area (Å²) < 4.78 is 66.6. The number of hydrogen-bond donors (Lipinski definition) is 0. The van der Waals surface area contributed by atoms with Gasteiger partial charge in [-0.25, -0.2) is 4.39 Å². The second-order valence-corrected chi connectivity index (χ2v) is 8.96. The van der Waals surface area contributed by atoms with Crippen LogP contribution in [0, 0.1) is 5.82 Å². The number of ether oxygens (including phenoxy) is 2. The van der Waals surface area contributed by atoms with E-state index in [4.69, 9.17) is 9.47 Å². The molecule has 0 saturated heterocycles. The summed E-state index contributed by atoms with van der Waals surface area (Å²) >= 11 is 4.59. The molecule has 0 aliphatic carbocycles. The molecule has 0 aliphatic heterocycles. The minimum atomic E-state index is -4.46. The van der Waals surface area contributed by atoms with Crippen molar-refractivity contribution in [3.05, 3.63) is 88.1 Å². The Morgan fingerprint density at radius 3 is 2.28 bits per heavy atom. The van der Waals surface area contributed by atoms with Crippen LogP contribution in [0.15, 0.2) is 81.0 Å². The summed E-state index contributed by atoms with van der Waals surface area (Å²) in [5.41, 5.74) is 0.699. The van der Waals surface area contributed by atoms with Crippen molar-refractivity contribution in [3.8, 4) is 5.75 Å². The predicted octanol–water partition coefficient (Wildman–Crippen LogP) is 8.00. The van der Waals surface area contributed by atoms with Gasteiger partial charge in [0.2, 0.25) is 0 Å². The highest BCUT2D eigenvalue weighted by molar-refractivity contribution is 9.10. The van der Waals surface area contributed by atoms with Crippen LogP contribution < -0.4 is 4.74 Å². The molecule has 0 radical (unpaired) electrons. The van der Waals surface area contributed by atoms with E-state index in [0.717, 1.165) is 9.37 Å². The van der Waals surface area contributed by atoms with E-state index in [1.165, 1.54) is 48.2 Å². The first-order chi connectivity index (χ1) is 15.3. The van der Waals surface area contributed by atoms with Gasteiger partial charge >= 0.3 is 6.18 Å². The van der Waals surface area contributed by atoms with Gasteiger partial charge in [0.15, 0.2) is 0 Å². The predicted molar refractivity (Wildman–Crippen MR) is 121 cm³/mol. The zero-order valence-electron chi connectivity index (χ0n) is 17.2. The smallest absolute Gasteiger partial charge is 0.397 e. The largest absolute Gasteiger partial charge is 0.494 e. The molecule has 3 rings (SSSR count). The number of alkyl halides is 3. The Morgan fingerprint density at radius 2 is 1.66 bits per heavy atom. The standard InChI is InChI=1S/C24H21BrF4O2S/c1-2-31-19-8-4-17(5-9-19)21(24(27,28)29)15-30-14-16-3-12-22(26)23(13-16)32-20-10-6-18(25)7-11-20/h3-13,21H,2,14-15H2,1H3. The van der Waals surface area contributed by atoms with E-state index in [-0.39, 0.29) is 12.2 Å². The van der Waals surface area contributed by atoms with Crippen LogP contribution in [0.2, 0.25) is 0 Å². The lowest BCUT2D eigenvalue weighted by atomic mass is 9.99. The van der Waals surface area contributed by atoms with Crippen molar-refractivity contribution in [1.29, 1.82) is 0 Å². The van der Waals surface area contributed by atoms with E-state index < -0.39 is 24.5 Å². The molecule has 0 aliphatic rings. The van der Waals surface area contributed by atoms with Crippen LogP contribution in [0.5, 0.6) is 5.75 Å². The SMILES string of the molecule is CCOc1ccc(C(COCc2ccc(F)c(Sc3ccc(Br)cc3)c2)C(F)(F)F)cc1. The molecular formula is C24H21BrF4O2S. The fourth-order valence-corrected chi connectivity index (χ4v) is 4.15.